The summed E-state index contributed by atoms with van der Waals surface area (Å²) in [7, 11) is 0. The number of carbonyl (C=O) groups is 1. The van der Waals surface area contributed by atoms with Gasteiger partial charge in [-0.3, -0.25) is 4.98 Å². The number of ether oxygens (including phenoxy) is 2. The standard InChI is InChI=1S/C28H22F3N3O4/c29-28(30,31)21-13-14-32-16-23(21)33-22-11-4-9-19-20(26(34-25(19)22)38-27(35)36)10-5-15-37-24-12-3-7-17-6-1-2-8-18(17)24/h1-4,6-9,11-14,16,33-34H,5,10,15H2,(H,35,36). The lowest BCUT2D eigenvalue weighted by Crippen LogP contribution is -2.09. The van der Waals surface area contributed by atoms with Gasteiger partial charge in [-0.1, -0.05) is 48.5 Å². The topological polar surface area (TPSA) is 96.5 Å². The molecule has 0 aliphatic carbocycles. The molecular weight excluding hydrogens is 499 g/mol. The highest BCUT2D eigenvalue weighted by Gasteiger charge is 2.33. The quantitative estimate of drug-likeness (QED) is 0.144. The molecule has 0 spiro atoms. The summed E-state index contributed by atoms with van der Waals surface area (Å²) in [6.45, 7) is 0.357. The number of carboxylic acid groups (broad SMARTS) is 1. The number of rotatable bonds is 8. The van der Waals surface area contributed by atoms with Crippen LogP contribution in [0, 0.1) is 0 Å². The number of aryl methyl sites for hydroxylation is 1. The third kappa shape index (κ3) is 5.19. The normalized spacial score (nSPS) is 11.6. The molecule has 3 N–H and O–H groups in total. The first-order chi connectivity index (χ1) is 18.3. The number of benzene rings is 3. The Bertz CT molecular complexity index is 1610. The summed E-state index contributed by atoms with van der Waals surface area (Å²) < 4.78 is 51.4. The van der Waals surface area contributed by atoms with E-state index < -0.39 is 17.9 Å². The molecule has 10 heteroatoms. The van der Waals surface area contributed by atoms with E-state index in [1.54, 1.807) is 18.2 Å². The van der Waals surface area contributed by atoms with Crippen molar-refractivity contribution in [1.29, 1.82) is 0 Å². The number of hydrogen-bond acceptors (Lipinski definition) is 5. The minimum atomic E-state index is -4.58. The highest BCUT2D eigenvalue weighted by molar-refractivity contribution is 5.97. The van der Waals surface area contributed by atoms with Crippen LogP contribution in [-0.2, 0) is 12.6 Å². The van der Waals surface area contributed by atoms with E-state index in [0.29, 0.717) is 41.6 Å². The minimum absolute atomic E-state index is 0.00847. The largest absolute Gasteiger partial charge is 0.512 e. The van der Waals surface area contributed by atoms with Crippen LogP contribution in [-0.4, -0.2) is 27.8 Å². The van der Waals surface area contributed by atoms with Crippen molar-refractivity contribution in [3.05, 3.63) is 90.3 Å². The Morgan fingerprint density at radius 1 is 0.974 bits per heavy atom. The number of aromatic amines is 1. The Morgan fingerprint density at radius 2 is 1.74 bits per heavy atom. The summed E-state index contributed by atoms with van der Waals surface area (Å²) in [6, 6.07) is 19.6. The van der Waals surface area contributed by atoms with E-state index in [4.69, 9.17) is 9.47 Å². The molecule has 0 bridgehead atoms. The van der Waals surface area contributed by atoms with Gasteiger partial charge < -0.3 is 24.9 Å². The first-order valence-electron chi connectivity index (χ1n) is 11.7. The number of aromatic nitrogens is 2. The number of fused-ring (bicyclic) bond motifs is 2. The van der Waals surface area contributed by atoms with Crippen LogP contribution in [0.4, 0.5) is 29.3 Å². The van der Waals surface area contributed by atoms with Crippen LogP contribution in [0.2, 0.25) is 0 Å². The highest BCUT2D eigenvalue weighted by Crippen LogP contribution is 2.38. The van der Waals surface area contributed by atoms with Gasteiger partial charge in [-0.25, -0.2) is 4.79 Å². The number of H-pyrrole nitrogens is 1. The second kappa shape index (κ2) is 10.3. The van der Waals surface area contributed by atoms with Gasteiger partial charge in [0.1, 0.15) is 5.75 Å². The van der Waals surface area contributed by atoms with Crippen LogP contribution in [0.25, 0.3) is 21.7 Å². The van der Waals surface area contributed by atoms with Gasteiger partial charge >= 0.3 is 12.3 Å². The fourth-order valence-corrected chi connectivity index (χ4v) is 4.42. The number of alkyl halides is 3. The number of hydrogen-bond donors (Lipinski definition) is 3. The van der Waals surface area contributed by atoms with Gasteiger partial charge in [0.15, 0.2) is 0 Å². The SMILES string of the molecule is O=C(O)Oc1[nH]c2c(Nc3cnccc3C(F)(F)F)cccc2c1CCCOc1cccc2ccccc12. The van der Waals surface area contributed by atoms with Gasteiger partial charge in [-0.2, -0.15) is 13.2 Å². The highest BCUT2D eigenvalue weighted by atomic mass is 19.4. The summed E-state index contributed by atoms with van der Waals surface area (Å²) in [5.74, 6) is 0.751. The van der Waals surface area contributed by atoms with Crippen molar-refractivity contribution in [2.45, 2.75) is 19.0 Å². The van der Waals surface area contributed by atoms with Crippen molar-refractivity contribution in [3.8, 4) is 11.6 Å². The van der Waals surface area contributed by atoms with E-state index in [-0.39, 0.29) is 11.6 Å². The Kier molecular flexibility index (Phi) is 6.78. The number of halogens is 3. The number of nitrogens with zero attached hydrogens (tertiary/aromatic N) is 1. The van der Waals surface area contributed by atoms with Gasteiger partial charge in [0.25, 0.3) is 0 Å². The molecule has 0 aliphatic rings. The molecule has 0 saturated heterocycles. The van der Waals surface area contributed by atoms with E-state index in [1.165, 1.54) is 0 Å². The van der Waals surface area contributed by atoms with Crippen molar-refractivity contribution in [2.24, 2.45) is 0 Å². The first kappa shape index (κ1) is 24.9. The van der Waals surface area contributed by atoms with Crippen LogP contribution >= 0.6 is 0 Å². The molecule has 0 atom stereocenters. The van der Waals surface area contributed by atoms with Crippen molar-refractivity contribution >= 4 is 39.2 Å². The van der Waals surface area contributed by atoms with E-state index in [1.807, 2.05) is 42.5 Å². The number of anilines is 2. The lowest BCUT2D eigenvalue weighted by molar-refractivity contribution is -0.137. The van der Waals surface area contributed by atoms with Crippen LogP contribution < -0.4 is 14.8 Å². The predicted octanol–water partition coefficient (Wildman–Crippen LogP) is 7.55. The second-order valence-electron chi connectivity index (χ2n) is 8.50. The third-order valence-electron chi connectivity index (χ3n) is 6.07. The van der Waals surface area contributed by atoms with Gasteiger partial charge in [0, 0.05) is 22.5 Å². The average Bonchev–Trinajstić information content (AvgIpc) is 3.23. The predicted molar refractivity (Wildman–Crippen MR) is 137 cm³/mol. The van der Waals surface area contributed by atoms with Crippen molar-refractivity contribution < 1.29 is 32.5 Å². The average molecular weight is 521 g/mol. The maximum absolute atomic E-state index is 13.5. The molecule has 38 heavy (non-hydrogen) atoms. The van der Waals surface area contributed by atoms with Crippen LogP contribution in [0.5, 0.6) is 11.6 Å². The molecule has 194 valence electrons. The Balaban J connectivity index is 1.40. The van der Waals surface area contributed by atoms with E-state index >= 15 is 0 Å². The summed E-state index contributed by atoms with van der Waals surface area (Å²) in [6.07, 6.45) is -3.00. The van der Waals surface area contributed by atoms with Crippen LogP contribution in [0.3, 0.4) is 0 Å². The Labute approximate surface area is 214 Å². The molecule has 2 aromatic heterocycles. The molecule has 0 aliphatic heterocycles. The second-order valence-corrected chi connectivity index (χ2v) is 8.50. The maximum atomic E-state index is 13.5. The van der Waals surface area contributed by atoms with Gasteiger partial charge in [-0.05, 0) is 36.4 Å². The molecule has 5 rings (SSSR count). The fourth-order valence-electron chi connectivity index (χ4n) is 4.42. The zero-order valence-electron chi connectivity index (χ0n) is 19.9. The lowest BCUT2D eigenvalue weighted by Gasteiger charge is -2.14. The number of nitrogens with one attached hydrogen (secondary N) is 2. The van der Waals surface area contributed by atoms with E-state index in [9.17, 15) is 23.1 Å². The van der Waals surface area contributed by atoms with Crippen LogP contribution in [0.1, 0.15) is 17.5 Å². The molecular formula is C28H22F3N3O4. The fraction of sp³-hybridized carbons (Fsp3) is 0.143. The van der Waals surface area contributed by atoms with Crippen molar-refractivity contribution in [1.82, 2.24) is 9.97 Å². The molecule has 7 nitrogen and oxygen atoms in total. The zero-order valence-corrected chi connectivity index (χ0v) is 19.9. The van der Waals surface area contributed by atoms with Gasteiger partial charge in [-0.15, -0.1) is 0 Å². The minimum Gasteiger partial charge on any atom is -0.493 e. The summed E-state index contributed by atoms with van der Waals surface area (Å²) in [5, 5.41) is 14.7. The first-order valence-corrected chi connectivity index (χ1v) is 11.7. The van der Waals surface area contributed by atoms with E-state index in [2.05, 4.69) is 15.3 Å². The molecule has 5 aromatic rings. The third-order valence-corrected chi connectivity index (χ3v) is 6.07. The molecule has 0 saturated carbocycles. The lowest BCUT2D eigenvalue weighted by atomic mass is 10.1. The Morgan fingerprint density at radius 3 is 2.55 bits per heavy atom. The summed E-state index contributed by atoms with van der Waals surface area (Å²) >= 11 is 0. The zero-order chi connectivity index (χ0) is 26.7. The molecule has 0 radical (unpaired) electrons. The van der Waals surface area contributed by atoms with Gasteiger partial charge in [0.05, 0.1) is 35.3 Å². The number of para-hydroxylation sites is 1. The molecule has 0 amide bonds. The molecule has 0 fully saturated rings. The monoisotopic (exact) mass is 521 g/mol. The van der Waals surface area contributed by atoms with Crippen molar-refractivity contribution in [2.75, 3.05) is 11.9 Å². The van der Waals surface area contributed by atoms with E-state index in [0.717, 1.165) is 35.0 Å². The number of pyridine rings is 1. The Hall–Kier alpha value is -4.73. The van der Waals surface area contributed by atoms with Gasteiger partial charge in [0.2, 0.25) is 5.88 Å². The summed E-state index contributed by atoms with van der Waals surface area (Å²) in [4.78, 5) is 18.1. The maximum Gasteiger partial charge on any atom is 0.512 e. The molecule has 2 heterocycles. The van der Waals surface area contributed by atoms with Crippen LogP contribution in [0.15, 0.2) is 79.1 Å². The van der Waals surface area contributed by atoms with Crippen molar-refractivity contribution in [3.63, 3.8) is 0 Å². The molecule has 3 aromatic carbocycles. The summed E-state index contributed by atoms with van der Waals surface area (Å²) in [5.41, 5.74) is 0.201. The smallest absolute Gasteiger partial charge is 0.493 e. The molecule has 0 unspecified atom stereocenters.